The Kier molecular flexibility index (Phi) is 11.5. The number of aromatic nitrogens is 10. The van der Waals surface area contributed by atoms with Crippen molar-refractivity contribution in [1.82, 2.24) is 48.7 Å². The van der Waals surface area contributed by atoms with Crippen molar-refractivity contribution >= 4 is 40.1 Å². The van der Waals surface area contributed by atoms with Crippen molar-refractivity contribution in [2.75, 3.05) is 5.32 Å². The Morgan fingerprint density at radius 1 is 0.689 bits per heavy atom. The highest BCUT2D eigenvalue weighted by molar-refractivity contribution is 6.31. The van der Waals surface area contributed by atoms with Crippen molar-refractivity contribution in [2.45, 2.75) is 50.6 Å². The Bertz CT molecular complexity index is 2930. The van der Waals surface area contributed by atoms with E-state index in [1.165, 1.54) is 75.5 Å². The zero-order valence-electron chi connectivity index (χ0n) is 31.8. The number of nitrogens with two attached hydrogens (primary N) is 1. The molecule has 0 amide bonds. The van der Waals surface area contributed by atoms with Gasteiger partial charge in [0, 0.05) is 42.2 Å². The van der Waals surface area contributed by atoms with Gasteiger partial charge in [-0.05, 0) is 86.1 Å². The number of nitrogens with one attached hydrogen (secondary N) is 1. The molecule has 0 aliphatic heterocycles. The SMILES string of the molecule is NC1CCCc2ncccc21.O=[N+]([O-])c1cnc(-c2cnc3ccc(F)cn23)nc1Cl.O=[N+]([O-])c1cnc(-c2cnc3ccc(F)cn23)nc1NC1CCCc2ncccc21. The second-order valence-electron chi connectivity index (χ2n) is 13.9. The van der Waals surface area contributed by atoms with Gasteiger partial charge in [-0.25, -0.2) is 38.7 Å². The molecular formula is C40H33ClF2N14O4. The highest BCUT2D eigenvalue weighted by atomic mass is 35.5. The Morgan fingerprint density at radius 2 is 1.23 bits per heavy atom. The zero-order valence-corrected chi connectivity index (χ0v) is 32.6. The molecule has 0 radical (unpaired) electrons. The van der Waals surface area contributed by atoms with Crippen LogP contribution in [0.4, 0.5) is 26.0 Å². The Labute approximate surface area is 348 Å². The molecular weight excluding hydrogens is 814 g/mol. The maximum atomic E-state index is 13.7. The summed E-state index contributed by atoms with van der Waals surface area (Å²) in [7, 11) is 0. The number of rotatable bonds is 6. The minimum absolute atomic E-state index is 0.109. The molecule has 0 spiro atoms. The van der Waals surface area contributed by atoms with E-state index in [0.29, 0.717) is 22.7 Å². The number of halogens is 3. The van der Waals surface area contributed by atoms with E-state index in [0.717, 1.165) is 55.8 Å². The molecule has 18 nitrogen and oxygen atoms in total. The average Bonchev–Trinajstić information content (AvgIpc) is 3.88. The summed E-state index contributed by atoms with van der Waals surface area (Å²) in [6, 6.07) is 13.6. The molecule has 0 aromatic carbocycles. The van der Waals surface area contributed by atoms with E-state index < -0.39 is 27.2 Å². The molecule has 8 aromatic rings. The number of fused-ring (bicyclic) bond motifs is 4. The van der Waals surface area contributed by atoms with Gasteiger partial charge in [0.25, 0.3) is 0 Å². The molecule has 2 atom stereocenters. The van der Waals surface area contributed by atoms with Crippen LogP contribution in [0.1, 0.15) is 60.3 Å². The second kappa shape index (κ2) is 17.4. The van der Waals surface area contributed by atoms with Gasteiger partial charge in [-0.2, -0.15) is 0 Å². The van der Waals surface area contributed by atoms with E-state index in [4.69, 9.17) is 17.3 Å². The van der Waals surface area contributed by atoms with Crippen LogP contribution in [-0.4, -0.2) is 58.5 Å². The van der Waals surface area contributed by atoms with Crippen LogP contribution in [-0.2, 0) is 12.8 Å². The first-order valence-electron chi connectivity index (χ1n) is 18.9. The number of aryl methyl sites for hydroxylation is 2. The number of nitro groups is 2. The Morgan fingerprint density at radius 3 is 1.80 bits per heavy atom. The number of hydrogen-bond acceptors (Lipinski definition) is 14. The van der Waals surface area contributed by atoms with Crippen LogP contribution in [0.25, 0.3) is 34.3 Å². The lowest BCUT2D eigenvalue weighted by Gasteiger charge is -2.25. The normalized spacial score (nSPS) is 15.4. The number of nitrogens with zero attached hydrogens (tertiary/aromatic N) is 12. The molecule has 0 fully saturated rings. The summed E-state index contributed by atoms with van der Waals surface area (Å²) in [5, 5.41) is 25.1. The zero-order chi connectivity index (χ0) is 42.6. The van der Waals surface area contributed by atoms with E-state index in [1.807, 2.05) is 24.4 Å². The van der Waals surface area contributed by atoms with Crippen molar-refractivity contribution < 1.29 is 18.6 Å². The van der Waals surface area contributed by atoms with Crippen LogP contribution < -0.4 is 11.1 Å². The van der Waals surface area contributed by atoms with Gasteiger partial charge in [-0.15, -0.1) is 0 Å². The molecule has 3 N–H and O–H groups in total. The molecule has 8 heterocycles. The van der Waals surface area contributed by atoms with E-state index >= 15 is 0 Å². The fourth-order valence-electron chi connectivity index (χ4n) is 7.14. The van der Waals surface area contributed by atoms with Crippen LogP contribution in [0.3, 0.4) is 0 Å². The average molecular weight is 847 g/mol. The highest BCUT2D eigenvalue weighted by Gasteiger charge is 2.26. The summed E-state index contributed by atoms with van der Waals surface area (Å²) in [5.74, 6) is -0.446. The second-order valence-corrected chi connectivity index (χ2v) is 14.3. The van der Waals surface area contributed by atoms with Crippen LogP contribution in [0.2, 0.25) is 5.15 Å². The molecule has 21 heteroatoms. The first kappa shape index (κ1) is 40.3. The maximum absolute atomic E-state index is 13.7. The van der Waals surface area contributed by atoms with E-state index in [-0.39, 0.29) is 40.4 Å². The smallest absolute Gasteiger partial charge is 0.329 e. The molecule has 0 saturated heterocycles. The van der Waals surface area contributed by atoms with Crippen molar-refractivity contribution in [2.24, 2.45) is 5.73 Å². The van der Waals surface area contributed by atoms with Crippen molar-refractivity contribution in [1.29, 1.82) is 0 Å². The molecule has 2 unspecified atom stereocenters. The van der Waals surface area contributed by atoms with Crippen LogP contribution in [0.5, 0.6) is 0 Å². The summed E-state index contributed by atoms with van der Waals surface area (Å²) >= 11 is 5.73. The topological polar surface area (TPSA) is 236 Å². The summed E-state index contributed by atoms with van der Waals surface area (Å²) in [6.45, 7) is 0. The van der Waals surface area contributed by atoms with Crippen molar-refractivity contribution in [3.63, 3.8) is 0 Å². The third-order valence-corrected chi connectivity index (χ3v) is 10.3. The van der Waals surface area contributed by atoms with Gasteiger partial charge in [-0.3, -0.25) is 39.0 Å². The standard InChI is InChI=1S/C20H16FN7O2.C11H5ClFN5O2.C9H12N2/c21-12-6-7-18-23-9-16(27(18)11-12)19-24-10-17(28(29)30)20(26-19)25-15-5-1-4-14-13(15)3-2-8-22-14;12-10-7(18(19)20)3-15-11(16-10)8-4-14-9-2-1-6(13)5-17(8)9;10-8-4-1-5-9-7(8)3-2-6-11-9/h2-3,6-11,15H,1,4-5H2,(H,24,25,26);1-5H;2-3,6,8H,1,4-5,10H2. The fourth-order valence-corrected chi connectivity index (χ4v) is 7.34. The highest BCUT2D eigenvalue weighted by Crippen LogP contribution is 2.34. The predicted octanol–water partition coefficient (Wildman–Crippen LogP) is 7.63. The van der Waals surface area contributed by atoms with Gasteiger partial charge < -0.3 is 11.1 Å². The first-order chi connectivity index (χ1) is 29.5. The fraction of sp³-hybridized carbons (Fsp3) is 0.200. The number of anilines is 1. The Hall–Kier alpha value is -7.45. The lowest BCUT2D eigenvalue weighted by Crippen LogP contribution is -2.19. The lowest BCUT2D eigenvalue weighted by molar-refractivity contribution is -0.385. The lowest BCUT2D eigenvalue weighted by atomic mass is 9.91. The van der Waals surface area contributed by atoms with E-state index in [9.17, 15) is 29.0 Å². The molecule has 0 bridgehead atoms. The van der Waals surface area contributed by atoms with E-state index in [2.05, 4.69) is 51.3 Å². The Balaban J connectivity index is 0.000000142. The van der Waals surface area contributed by atoms with Gasteiger partial charge >= 0.3 is 11.4 Å². The maximum Gasteiger partial charge on any atom is 0.329 e. The van der Waals surface area contributed by atoms with Crippen molar-refractivity contribution in [3.8, 4) is 23.0 Å². The molecule has 2 aliphatic carbocycles. The summed E-state index contributed by atoms with van der Waals surface area (Å²) in [4.78, 5) is 54.3. The van der Waals surface area contributed by atoms with Crippen LogP contribution >= 0.6 is 11.6 Å². The predicted molar refractivity (Wildman–Crippen MR) is 218 cm³/mol. The molecule has 308 valence electrons. The molecule has 0 saturated carbocycles. The minimum Gasteiger partial charge on any atom is -0.357 e. The first-order valence-corrected chi connectivity index (χ1v) is 19.3. The third kappa shape index (κ3) is 8.66. The third-order valence-electron chi connectivity index (χ3n) is 10.1. The van der Waals surface area contributed by atoms with Crippen LogP contribution in [0, 0.1) is 31.9 Å². The van der Waals surface area contributed by atoms with Crippen molar-refractivity contribution in [3.05, 3.63) is 158 Å². The van der Waals surface area contributed by atoms with Crippen LogP contribution in [0.15, 0.2) is 98.1 Å². The quantitative estimate of drug-likeness (QED) is 0.0930. The van der Waals surface area contributed by atoms with Gasteiger partial charge in [0.1, 0.15) is 46.7 Å². The van der Waals surface area contributed by atoms with E-state index in [1.54, 1.807) is 6.20 Å². The summed E-state index contributed by atoms with van der Waals surface area (Å²) in [6.07, 6.45) is 17.2. The van der Waals surface area contributed by atoms with Gasteiger partial charge in [0.05, 0.1) is 28.3 Å². The monoisotopic (exact) mass is 846 g/mol. The minimum atomic E-state index is -0.680. The molecule has 2 aliphatic rings. The number of imidazole rings is 2. The molecule has 61 heavy (non-hydrogen) atoms. The van der Waals surface area contributed by atoms with Gasteiger partial charge in [0.2, 0.25) is 11.0 Å². The van der Waals surface area contributed by atoms with Gasteiger partial charge in [0.15, 0.2) is 11.6 Å². The number of pyridine rings is 4. The summed E-state index contributed by atoms with van der Waals surface area (Å²) < 4.78 is 29.9. The summed E-state index contributed by atoms with van der Waals surface area (Å²) in [5.41, 5.74) is 11.6. The number of hydrogen-bond donors (Lipinski definition) is 2. The largest absolute Gasteiger partial charge is 0.357 e. The molecule has 10 rings (SSSR count). The molecule has 8 aromatic heterocycles. The van der Waals surface area contributed by atoms with Gasteiger partial charge in [-0.1, -0.05) is 23.7 Å².